The molecule has 0 aliphatic carbocycles. The maximum Gasteiger partial charge on any atom is 0.494 e. The molecular weight excluding hydrogens is 434 g/mol. The van der Waals surface area contributed by atoms with Crippen LogP contribution in [0.5, 0.6) is 5.75 Å². The van der Waals surface area contributed by atoms with E-state index in [9.17, 15) is 21.6 Å². The maximum atomic E-state index is 13.1. The van der Waals surface area contributed by atoms with Crippen molar-refractivity contribution in [3.05, 3.63) is 53.8 Å². The minimum Gasteiger partial charge on any atom is -0.487 e. The van der Waals surface area contributed by atoms with Gasteiger partial charge in [0.15, 0.2) is 0 Å². The number of benzene rings is 2. The Morgan fingerprint density at radius 2 is 1.61 bits per heavy atom. The first-order valence-corrected chi connectivity index (χ1v) is 11.0. The fourth-order valence-electron chi connectivity index (χ4n) is 2.81. The van der Waals surface area contributed by atoms with Crippen molar-refractivity contribution in [3.8, 4) is 5.75 Å². The van der Waals surface area contributed by atoms with Crippen LogP contribution in [0.25, 0.3) is 0 Å². The van der Waals surface area contributed by atoms with Gasteiger partial charge in [0.2, 0.25) is 0 Å². The van der Waals surface area contributed by atoms with Crippen LogP contribution in [0.3, 0.4) is 0 Å². The Kier molecular flexibility index (Phi) is 6.32. The van der Waals surface area contributed by atoms with Gasteiger partial charge in [-0.3, -0.25) is 4.72 Å². The minimum atomic E-state index is -4.91. The van der Waals surface area contributed by atoms with Gasteiger partial charge >= 0.3 is 12.9 Å². The lowest BCUT2D eigenvalue weighted by atomic mass is 9.79. The fraction of sp³-hybridized carbons (Fsp3) is 0.400. The third-order valence-corrected chi connectivity index (χ3v) is 6.30. The molecule has 1 saturated heterocycles. The minimum absolute atomic E-state index is 0.000706. The number of alkyl halides is 2. The second kappa shape index (κ2) is 8.36. The smallest absolute Gasteiger partial charge is 0.487 e. The summed E-state index contributed by atoms with van der Waals surface area (Å²) >= 11 is 0. The molecule has 3 rings (SSSR count). The number of rotatable bonds is 7. The Morgan fingerprint density at radius 1 is 1.03 bits per heavy atom. The summed E-state index contributed by atoms with van der Waals surface area (Å²) in [7, 11) is -5.67. The molecule has 0 spiro atoms. The summed E-state index contributed by atoms with van der Waals surface area (Å²) in [5.74, 6) is -4.03. The van der Waals surface area contributed by atoms with Crippen molar-refractivity contribution in [1.82, 2.24) is 0 Å². The Hall–Kier alpha value is -2.24. The van der Waals surface area contributed by atoms with Crippen LogP contribution in [0.2, 0.25) is 0 Å². The SMILES string of the molecule is CC1(C)OB(c2ccc(NS(=O)(=O)C(F)F)c(OCc3ccc(F)cc3)c2)OC1(C)C. The average Bonchev–Trinajstić information content (AvgIpc) is 2.89. The lowest BCUT2D eigenvalue weighted by Gasteiger charge is -2.32. The van der Waals surface area contributed by atoms with Crippen LogP contribution in [-0.2, 0) is 25.9 Å². The lowest BCUT2D eigenvalue weighted by molar-refractivity contribution is 0.00578. The summed E-state index contributed by atoms with van der Waals surface area (Å²) in [6.07, 6.45) is 0. The van der Waals surface area contributed by atoms with E-state index in [1.807, 2.05) is 32.4 Å². The van der Waals surface area contributed by atoms with E-state index in [-0.39, 0.29) is 18.0 Å². The molecule has 1 heterocycles. The molecule has 6 nitrogen and oxygen atoms in total. The first-order valence-electron chi connectivity index (χ1n) is 9.47. The number of anilines is 1. The predicted octanol–water partition coefficient (Wildman–Crippen LogP) is 3.67. The van der Waals surface area contributed by atoms with Crippen molar-refractivity contribution < 1.29 is 35.6 Å². The van der Waals surface area contributed by atoms with Crippen LogP contribution >= 0.6 is 0 Å². The zero-order chi connectivity index (χ0) is 23.0. The molecular formula is C20H23BF3NO5S. The van der Waals surface area contributed by atoms with Gasteiger partial charge in [0.1, 0.15) is 18.2 Å². The van der Waals surface area contributed by atoms with Gasteiger partial charge in [0, 0.05) is 0 Å². The third-order valence-electron chi connectivity index (χ3n) is 5.33. The third kappa shape index (κ3) is 5.16. The lowest BCUT2D eigenvalue weighted by Crippen LogP contribution is -2.41. The molecule has 0 saturated carbocycles. The highest BCUT2D eigenvalue weighted by molar-refractivity contribution is 7.93. The largest absolute Gasteiger partial charge is 0.494 e. The quantitative estimate of drug-likeness (QED) is 0.643. The van der Waals surface area contributed by atoms with Crippen molar-refractivity contribution in [3.63, 3.8) is 0 Å². The van der Waals surface area contributed by atoms with Gasteiger partial charge in [-0.2, -0.15) is 8.78 Å². The molecule has 0 radical (unpaired) electrons. The molecule has 1 aliphatic rings. The number of ether oxygens (including phenoxy) is 1. The highest BCUT2D eigenvalue weighted by Gasteiger charge is 2.51. The van der Waals surface area contributed by atoms with Crippen LogP contribution in [0.1, 0.15) is 33.3 Å². The van der Waals surface area contributed by atoms with E-state index in [2.05, 4.69) is 0 Å². The normalized spacial score (nSPS) is 17.7. The van der Waals surface area contributed by atoms with E-state index < -0.39 is 39.9 Å². The van der Waals surface area contributed by atoms with Crippen LogP contribution in [0.4, 0.5) is 18.9 Å². The van der Waals surface area contributed by atoms with Crippen LogP contribution in [0.15, 0.2) is 42.5 Å². The maximum absolute atomic E-state index is 13.1. The van der Waals surface area contributed by atoms with Crippen LogP contribution in [0, 0.1) is 5.82 Å². The van der Waals surface area contributed by atoms with Gasteiger partial charge in [-0.05, 0) is 63.0 Å². The monoisotopic (exact) mass is 457 g/mol. The van der Waals surface area contributed by atoms with Gasteiger partial charge in [0.05, 0.1) is 16.9 Å². The molecule has 1 aliphatic heterocycles. The molecule has 0 aromatic heterocycles. The molecule has 2 aromatic rings. The van der Waals surface area contributed by atoms with Gasteiger partial charge in [-0.25, -0.2) is 12.8 Å². The Balaban J connectivity index is 1.91. The zero-order valence-electron chi connectivity index (χ0n) is 17.5. The van der Waals surface area contributed by atoms with Crippen LogP contribution in [-0.4, -0.2) is 32.5 Å². The molecule has 0 bridgehead atoms. The van der Waals surface area contributed by atoms with Crippen molar-refractivity contribution >= 4 is 28.3 Å². The predicted molar refractivity (Wildman–Crippen MR) is 111 cm³/mol. The van der Waals surface area contributed by atoms with E-state index in [1.165, 1.54) is 42.5 Å². The second-order valence-corrected chi connectivity index (χ2v) is 9.82. The molecule has 168 valence electrons. The molecule has 1 fully saturated rings. The summed E-state index contributed by atoms with van der Waals surface area (Å²) in [6.45, 7) is 7.47. The average molecular weight is 457 g/mol. The summed E-state index contributed by atoms with van der Waals surface area (Å²) < 4.78 is 81.6. The number of halogens is 3. The molecule has 0 amide bonds. The molecule has 0 unspecified atom stereocenters. The summed E-state index contributed by atoms with van der Waals surface area (Å²) in [5.41, 5.74) is -0.258. The Labute approximate surface area is 179 Å². The zero-order valence-corrected chi connectivity index (χ0v) is 18.3. The number of hydrogen-bond acceptors (Lipinski definition) is 5. The summed E-state index contributed by atoms with van der Waals surface area (Å²) in [5, 5.41) is 0. The number of nitrogens with one attached hydrogen (secondary N) is 1. The van der Waals surface area contributed by atoms with Gasteiger partial charge in [-0.1, -0.05) is 18.2 Å². The van der Waals surface area contributed by atoms with E-state index >= 15 is 0 Å². The topological polar surface area (TPSA) is 73.9 Å². The van der Waals surface area contributed by atoms with E-state index in [0.717, 1.165) is 0 Å². The van der Waals surface area contributed by atoms with E-state index in [0.29, 0.717) is 11.0 Å². The highest BCUT2D eigenvalue weighted by Crippen LogP contribution is 2.37. The van der Waals surface area contributed by atoms with Crippen molar-refractivity contribution in [2.75, 3.05) is 4.72 Å². The summed E-state index contributed by atoms with van der Waals surface area (Å²) in [4.78, 5) is 0. The van der Waals surface area contributed by atoms with Crippen molar-refractivity contribution in [2.45, 2.75) is 51.3 Å². The molecule has 2 aromatic carbocycles. The number of sulfonamides is 1. The highest BCUT2D eigenvalue weighted by atomic mass is 32.2. The standard InChI is InChI=1S/C20H23BF3NO5S/c1-19(2)20(3,4)30-21(29-19)14-7-10-16(25-31(26,27)18(23)24)17(11-14)28-12-13-5-8-15(22)9-6-13/h5-11,18,25H,12H2,1-4H3. The van der Waals surface area contributed by atoms with Gasteiger partial charge in [0.25, 0.3) is 10.0 Å². The molecule has 31 heavy (non-hydrogen) atoms. The van der Waals surface area contributed by atoms with Crippen molar-refractivity contribution in [1.29, 1.82) is 0 Å². The van der Waals surface area contributed by atoms with Crippen LogP contribution < -0.4 is 14.9 Å². The first kappa shape index (κ1) is 23.4. The fourth-order valence-corrected chi connectivity index (χ4v) is 3.37. The van der Waals surface area contributed by atoms with Gasteiger partial charge < -0.3 is 14.0 Å². The van der Waals surface area contributed by atoms with Crippen molar-refractivity contribution in [2.24, 2.45) is 0 Å². The molecule has 1 N–H and O–H groups in total. The second-order valence-electron chi connectivity index (χ2n) is 8.17. The summed E-state index contributed by atoms with van der Waals surface area (Å²) in [6, 6.07) is 9.78. The Morgan fingerprint density at radius 3 is 2.16 bits per heavy atom. The Bertz CT molecular complexity index is 1030. The molecule has 0 atom stereocenters. The first-order chi connectivity index (χ1) is 14.3. The van der Waals surface area contributed by atoms with E-state index in [1.54, 1.807) is 0 Å². The van der Waals surface area contributed by atoms with Gasteiger partial charge in [-0.15, -0.1) is 0 Å². The molecule has 11 heteroatoms. The number of hydrogen-bond donors (Lipinski definition) is 1. The van der Waals surface area contributed by atoms with E-state index in [4.69, 9.17) is 14.0 Å².